The quantitative estimate of drug-likeness (QED) is 0.315. The van der Waals surface area contributed by atoms with Crippen molar-refractivity contribution in [3.8, 4) is 11.4 Å². The molecule has 3 aromatic carbocycles. The first kappa shape index (κ1) is 22.6. The van der Waals surface area contributed by atoms with Gasteiger partial charge in [-0.3, -0.25) is 14.2 Å². The third kappa shape index (κ3) is 5.26. The van der Waals surface area contributed by atoms with Crippen LogP contribution in [-0.4, -0.2) is 34.4 Å². The van der Waals surface area contributed by atoms with Crippen LogP contribution in [0.25, 0.3) is 16.6 Å². The third-order valence-electron chi connectivity index (χ3n) is 5.28. The highest BCUT2D eigenvalue weighted by molar-refractivity contribution is 8.00. The number of thioether (sulfide) groups is 1. The summed E-state index contributed by atoms with van der Waals surface area (Å²) >= 11 is 1.28. The smallest absolute Gasteiger partial charge is 0.266 e. The summed E-state index contributed by atoms with van der Waals surface area (Å²) in [6.45, 7) is 2.34. The first-order chi connectivity index (χ1) is 16.1. The van der Waals surface area contributed by atoms with Gasteiger partial charge in [-0.2, -0.15) is 0 Å². The molecule has 1 aromatic heterocycles. The molecule has 0 bridgehead atoms. The van der Waals surface area contributed by atoms with E-state index in [1.54, 1.807) is 17.7 Å². The van der Waals surface area contributed by atoms with Crippen LogP contribution in [0.3, 0.4) is 0 Å². The van der Waals surface area contributed by atoms with E-state index in [4.69, 9.17) is 9.72 Å². The first-order valence-electron chi connectivity index (χ1n) is 10.7. The molecular weight excluding hydrogens is 434 g/mol. The van der Waals surface area contributed by atoms with Gasteiger partial charge in [-0.15, -0.1) is 0 Å². The fraction of sp³-hybridized carbons (Fsp3) is 0.192. The zero-order valence-electron chi connectivity index (χ0n) is 18.5. The van der Waals surface area contributed by atoms with E-state index >= 15 is 0 Å². The molecule has 0 aliphatic heterocycles. The van der Waals surface area contributed by atoms with Gasteiger partial charge in [0.1, 0.15) is 5.75 Å². The molecule has 1 N–H and O–H groups in total. The Morgan fingerprint density at radius 3 is 2.45 bits per heavy atom. The average Bonchev–Trinajstić information content (AvgIpc) is 2.85. The second kappa shape index (κ2) is 10.4. The Labute approximate surface area is 196 Å². The van der Waals surface area contributed by atoms with Gasteiger partial charge >= 0.3 is 0 Å². The Bertz CT molecular complexity index is 1300. The highest BCUT2D eigenvalue weighted by Gasteiger charge is 2.20. The number of carbonyl (C=O) groups excluding carboxylic acids is 1. The number of methoxy groups -OCH3 is 1. The fourth-order valence-electron chi connectivity index (χ4n) is 3.47. The largest absolute Gasteiger partial charge is 0.497 e. The van der Waals surface area contributed by atoms with Gasteiger partial charge in [0.05, 0.1) is 29.0 Å². The highest BCUT2D eigenvalue weighted by atomic mass is 32.2. The highest BCUT2D eigenvalue weighted by Crippen LogP contribution is 2.25. The second-order valence-electron chi connectivity index (χ2n) is 7.54. The lowest BCUT2D eigenvalue weighted by molar-refractivity contribution is -0.120. The van der Waals surface area contributed by atoms with Crippen molar-refractivity contribution in [2.24, 2.45) is 0 Å². The average molecular weight is 460 g/mol. The van der Waals surface area contributed by atoms with Gasteiger partial charge in [0, 0.05) is 6.54 Å². The molecule has 0 fully saturated rings. The van der Waals surface area contributed by atoms with E-state index in [-0.39, 0.29) is 11.5 Å². The number of nitrogens with zero attached hydrogens (tertiary/aromatic N) is 2. The summed E-state index contributed by atoms with van der Waals surface area (Å²) in [5.41, 5.74) is 2.30. The van der Waals surface area contributed by atoms with Gasteiger partial charge in [-0.1, -0.05) is 54.2 Å². The molecular formula is C26H25N3O3S. The summed E-state index contributed by atoms with van der Waals surface area (Å²) in [5.74, 6) is 0.704. The van der Waals surface area contributed by atoms with Crippen LogP contribution in [0.5, 0.6) is 5.75 Å². The van der Waals surface area contributed by atoms with Crippen molar-refractivity contribution in [3.05, 3.63) is 94.8 Å². The van der Waals surface area contributed by atoms with Crippen LogP contribution >= 0.6 is 11.8 Å². The van der Waals surface area contributed by atoms with Crippen LogP contribution in [-0.2, 0) is 11.2 Å². The summed E-state index contributed by atoms with van der Waals surface area (Å²) in [5, 5.41) is 3.59. The number of hydrogen-bond acceptors (Lipinski definition) is 5. The number of fused-ring (bicyclic) bond motifs is 1. The van der Waals surface area contributed by atoms with Gasteiger partial charge in [0.2, 0.25) is 5.91 Å². The van der Waals surface area contributed by atoms with Crippen molar-refractivity contribution in [2.45, 2.75) is 23.8 Å². The molecule has 1 heterocycles. The Balaban J connectivity index is 1.51. The molecule has 0 radical (unpaired) electrons. The summed E-state index contributed by atoms with van der Waals surface area (Å²) in [7, 11) is 1.63. The lowest BCUT2D eigenvalue weighted by atomic mass is 10.1. The summed E-state index contributed by atoms with van der Waals surface area (Å²) in [4.78, 5) is 30.8. The molecule has 6 nitrogen and oxygen atoms in total. The van der Waals surface area contributed by atoms with E-state index in [2.05, 4.69) is 5.32 Å². The molecule has 4 aromatic rings. The van der Waals surface area contributed by atoms with Crippen molar-refractivity contribution < 1.29 is 9.53 Å². The Morgan fingerprint density at radius 1 is 1.03 bits per heavy atom. The van der Waals surface area contributed by atoms with Crippen molar-refractivity contribution in [1.29, 1.82) is 0 Å². The van der Waals surface area contributed by atoms with Gasteiger partial charge in [0.15, 0.2) is 5.16 Å². The second-order valence-corrected chi connectivity index (χ2v) is 8.84. The molecule has 4 rings (SSSR count). The van der Waals surface area contributed by atoms with Crippen molar-refractivity contribution >= 4 is 28.6 Å². The van der Waals surface area contributed by atoms with Crippen LogP contribution in [0, 0.1) is 0 Å². The maximum atomic E-state index is 13.3. The first-order valence-corrected chi connectivity index (χ1v) is 11.6. The molecule has 33 heavy (non-hydrogen) atoms. The van der Waals surface area contributed by atoms with Crippen molar-refractivity contribution in [2.75, 3.05) is 13.7 Å². The molecule has 168 valence electrons. The maximum Gasteiger partial charge on any atom is 0.266 e. The number of amides is 1. The zero-order valence-corrected chi connectivity index (χ0v) is 19.3. The lowest BCUT2D eigenvalue weighted by Crippen LogP contribution is -2.33. The number of ether oxygens (including phenoxy) is 1. The van der Waals surface area contributed by atoms with Gasteiger partial charge in [-0.25, -0.2) is 4.98 Å². The Kier molecular flexibility index (Phi) is 7.10. The molecule has 0 saturated heterocycles. The van der Waals surface area contributed by atoms with Crippen LogP contribution < -0.4 is 15.6 Å². The Morgan fingerprint density at radius 2 is 1.73 bits per heavy atom. The van der Waals surface area contributed by atoms with E-state index < -0.39 is 5.25 Å². The SMILES string of the molecule is COc1ccc(CCNC(=O)C(C)Sc2nc3ccccc3c(=O)n2-c2ccccc2)cc1. The molecule has 0 spiro atoms. The predicted octanol–water partition coefficient (Wildman–Crippen LogP) is 4.23. The summed E-state index contributed by atoms with van der Waals surface area (Å²) < 4.78 is 6.75. The number of hydrogen-bond donors (Lipinski definition) is 1. The topological polar surface area (TPSA) is 73.2 Å². The standard InChI is InChI=1S/C26H25N3O3S/c1-18(24(30)27-17-16-19-12-14-21(32-2)15-13-19)33-26-28-23-11-7-6-10-22(23)25(31)29(26)20-8-4-3-5-9-20/h3-15,18H,16-17H2,1-2H3,(H,27,30). The monoisotopic (exact) mass is 459 g/mol. The molecule has 7 heteroatoms. The van der Waals surface area contributed by atoms with E-state index in [0.29, 0.717) is 22.6 Å². The van der Waals surface area contributed by atoms with Gasteiger partial charge in [0.25, 0.3) is 5.56 Å². The normalized spacial score (nSPS) is 11.8. The fourth-order valence-corrected chi connectivity index (χ4v) is 4.43. The number of aromatic nitrogens is 2. The molecule has 0 saturated carbocycles. The van der Waals surface area contributed by atoms with Crippen LogP contribution in [0.2, 0.25) is 0 Å². The van der Waals surface area contributed by atoms with Crippen molar-refractivity contribution in [1.82, 2.24) is 14.9 Å². The minimum atomic E-state index is -0.427. The molecule has 1 amide bonds. The molecule has 0 aliphatic carbocycles. The Hall–Kier alpha value is -3.58. The van der Waals surface area contributed by atoms with E-state index in [0.717, 1.165) is 23.4 Å². The minimum absolute atomic E-state index is 0.101. The van der Waals surface area contributed by atoms with E-state index in [1.165, 1.54) is 11.8 Å². The van der Waals surface area contributed by atoms with Crippen LogP contribution in [0.1, 0.15) is 12.5 Å². The molecule has 0 aliphatic rings. The number of rotatable bonds is 8. The summed E-state index contributed by atoms with van der Waals surface area (Å²) in [6, 6.07) is 24.4. The molecule has 1 unspecified atom stereocenters. The zero-order chi connectivity index (χ0) is 23.2. The minimum Gasteiger partial charge on any atom is -0.497 e. The van der Waals surface area contributed by atoms with Crippen molar-refractivity contribution in [3.63, 3.8) is 0 Å². The van der Waals surface area contributed by atoms with E-state index in [9.17, 15) is 9.59 Å². The number of benzene rings is 3. The maximum absolute atomic E-state index is 13.3. The lowest BCUT2D eigenvalue weighted by Gasteiger charge is -2.16. The van der Waals surface area contributed by atoms with Gasteiger partial charge < -0.3 is 10.1 Å². The van der Waals surface area contributed by atoms with Gasteiger partial charge in [-0.05, 0) is 55.3 Å². The van der Waals surface area contributed by atoms with Crippen LogP contribution in [0.4, 0.5) is 0 Å². The molecule has 1 atom stereocenters. The predicted molar refractivity (Wildman–Crippen MR) is 132 cm³/mol. The number of carbonyl (C=O) groups is 1. The van der Waals surface area contributed by atoms with Crippen LogP contribution in [0.15, 0.2) is 88.8 Å². The number of nitrogens with one attached hydrogen (secondary N) is 1. The third-order valence-corrected chi connectivity index (χ3v) is 6.34. The summed E-state index contributed by atoms with van der Waals surface area (Å²) in [6.07, 6.45) is 0.718. The van der Waals surface area contributed by atoms with E-state index in [1.807, 2.05) is 79.7 Å². The number of para-hydroxylation sites is 2.